The fourth-order valence-electron chi connectivity index (χ4n) is 3.33. The van der Waals surface area contributed by atoms with Gasteiger partial charge in [0.25, 0.3) is 0 Å². The first-order chi connectivity index (χ1) is 13.6. The number of nitrogens with one attached hydrogen (secondary N) is 1. The molecule has 8 heteroatoms. The zero-order valence-corrected chi connectivity index (χ0v) is 16.6. The van der Waals surface area contributed by atoms with E-state index < -0.39 is 5.97 Å². The number of H-pyrrole nitrogens is 1. The Morgan fingerprint density at radius 1 is 1.07 bits per heavy atom. The number of hydrogen-bond acceptors (Lipinski definition) is 5. The zero-order valence-electron chi connectivity index (χ0n) is 15.1. The van der Waals surface area contributed by atoms with Crippen molar-refractivity contribution in [3.05, 3.63) is 53.2 Å². The molecule has 0 atom stereocenters. The molecule has 2 N–H and O–H groups in total. The maximum absolute atomic E-state index is 11.1. The van der Waals surface area contributed by atoms with E-state index in [4.69, 9.17) is 16.7 Å². The molecule has 0 saturated carbocycles. The number of nitrogens with zero attached hydrogens (tertiary/aromatic N) is 3. The van der Waals surface area contributed by atoms with Crippen LogP contribution in [-0.2, 0) is 0 Å². The summed E-state index contributed by atoms with van der Waals surface area (Å²) in [4.78, 5) is 14.4. The standard InChI is InChI=1S/C20H19ClN4O2S/c21-16-12-14(6-9-17(16)25-10-2-1-3-11-25)13-4-7-15(8-5-13)28-19-18(20(26)27)22-24-23-19/h4-9,12H,1-3,10-11H2,(H,26,27)(H,22,23,24). The van der Waals surface area contributed by atoms with Gasteiger partial charge in [0, 0.05) is 18.0 Å². The first-order valence-electron chi connectivity index (χ1n) is 9.09. The van der Waals surface area contributed by atoms with E-state index in [-0.39, 0.29) is 5.69 Å². The van der Waals surface area contributed by atoms with Crippen LogP contribution in [0.1, 0.15) is 29.8 Å². The summed E-state index contributed by atoms with van der Waals surface area (Å²) in [6.45, 7) is 2.12. The first kappa shape index (κ1) is 18.8. The summed E-state index contributed by atoms with van der Waals surface area (Å²) in [7, 11) is 0. The van der Waals surface area contributed by atoms with Gasteiger partial charge >= 0.3 is 5.97 Å². The molecule has 0 bridgehead atoms. The lowest BCUT2D eigenvalue weighted by molar-refractivity contribution is 0.0686. The number of hydrogen-bond donors (Lipinski definition) is 2. The summed E-state index contributed by atoms with van der Waals surface area (Å²) in [5, 5.41) is 20.0. The van der Waals surface area contributed by atoms with Gasteiger partial charge in [-0.3, -0.25) is 5.10 Å². The molecule has 2 aromatic carbocycles. The van der Waals surface area contributed by atoms with Crippen molar-refractivity contribution in [2.45, 2.75) is 29.2 Å². The van der Waals surface area contributed by atoms with Crippen LogP contribution in [0.4, 0.5) is 5.69 Å². The van der Waals surface area contributed by atoms with E-state index in [1.54, 1.807) is 0 Å². The van der Waals surface area contributed by atoms with Gasteiger partial charge in [-0.15, -0.1) is 5.10 Å². The Morgan fingerprint density at radius 2 is 1.79 bits per heavy atom. The highest BCUT2D eigenvalue weighted by Crippen LogP contribution is 2.34. The minimum Gasteiger partial charge on any atom is -0.476 e. The van der Waals surface area contributed by atoms with Crippen LogP contribution in [-0.4, -0.2) is 39.6 Å². The van der Waals surface area contributed by atoms with Crippen molar-refractivity contribution in [3.63, 3.8) is 0 Å². The fraction of sp³-hybridized carbons (Fsp3) is 0.250. The minimum atomic E-state index is -1.08. The van der Waals surface area contributed by atoms with Crippen LogP contribution >= 0.6 is 23.4 Å². The third-order valence-electron chi connectivity index (χ3n) is 4.78. The SMILES string of the molecule is O=C(O)c1[nH]nnc1Sc1ccc(-c2ccc(N3CCCCC3)c(Cl)c2)cc1. The van der Waals surface area contributed by atoms with Gasteiger partial charge in [-0.05, 0) is 54.7 Å². The minimum absolute atomic E-state index is 0.00541. The molecule has 4 rings (SSSR count). The van der Waals surface area contributed by atoms with Gasteiger partial charge in [-0.1, -0.05) is 46.8 Å². The molecule has 2 heterocycles. The largest absolute Gasteiger partial charge is 0.476 e. The van der Waals surface area contributed by atoms with E-state index in [0.29, 0.717) is 5.03 Å². The van der Waals surface area contributed by atoms with Crippen LogP contribution < -0.4 is 4.90 Å². The molecule has 0 amide bonds. The van der Waals surface area contributed by atoms with Gasteiger partial charge in [0.15, 0.2) is 10.7 Å². The van der Waals surface area contributed by atoms with Crippen molar-refractivity contribution >= 4 is 35.0 Å². The maximum Gasteiger partial charge on any atom is 0.356 e. The van der Waals surface area contributed by atoms with E-state index >= 15 is 0 Å². The summed E-state index contributed by atoms with van der Waals surface area (Å²) < 4.78 is 0. The third-order valence-corrected chi connectivity index (χ3v) is 6.07. The lowest BCUT2D eigenvalue weighted by atomic mass is 10.0. The molecule has 144 valence electrons. The van der Waals surface area contributed by atoms with Crippen LogP contribution in [0, 0.1) is 0 Å². The predicted octanol–water partition coefficient (Wildman–Crippen LogP) is 4.96. The molecule has 0 radical (unpaired) electrons. The Kier molecular flexibility index (Phi) is 5.54. The molecule has 1 aliphatic heterocycles. The topological polar surface area (TPSA) is 82.1 Å². The molecule has 6 nitrogen and oxygen atoms in total. The van der Waals surface area contributed by atoms with E-state index in [2.05, 4.69) is 32.4 Å². The van der Waals surface area contributed by atoms with Crippen molar-refractivity contribution in [2.24, 2.45) is 0 Å². The fourth-order valence-corrected chi connectivity index (χ4v) is 4.45. The number of anilines is 1. The Hall–Kier alpha value is -2.51. The van der Waals surface area contributed by atoms with E-state index in [9.17, 15) is 4.79 Å². The van der Waals surface area contributed by atoms with Crippen molar-refractivity contribution in [2.75, 3.05) is 18.0 Å². The van der Waals surface area contributed by atoms with E-state index in [1.807, 2.05) is 30.3 Å². The molecule has 0 aliphatic carbocycles. The highest BCUT2D eigenvalue weighted by molar-refractivity contribution is 7.99. The molecular weight excluding hydrogens is 396 g/mol. The Morgan fingerprint density at radius 3 is 2.46 bits per heavy atom. The molecule has 28 heavy (non-hydrogen) atoms. The highest BCUT2D eigenvalue weighted by atomic mass is 35.5. The molecule has 1 aromatic heterocycles. The monoisotopic (exact) mass is 414 g/mol. The van der Waals surface area contributed by atoms with Crippen molar-refractivity contribution in [1.29, 1.82) is 0 Å². The third kappa shape index (κ3) is 4.00. The number of halogens is 1. The smallest absolute Gasteiger partial charge is 0.356 e. The Balaban J connectivity index is 1.51. The van der Waals surface area contributed by atoms with Crippen molar-refractivity contribution in [1.82, 2.24) is 15.4 Å². The average Bonchev–Trinajstić information content (AvgIpc) is 3.18. The second-order valence-corrected chi connectivity index (χ2v) is 8.11. The number of aromatic carboxylic acids is 1. The van der Waals surface area contributed by atoms with Gasteiger partial charge in [-0.2, -0.15) is 0 Å². The predicted molar refractivity (Wildman–Crippen MR) is 110 cm³/mol. The number of benzene rings is 2. The first-order valence-corrected chi connectivity index (χ1v) is 10.3. The summed E-state index contributed by atoms with van der Waals surface area (Å²) in [5.41, 5.74) is 3.20. The number of aromatic nitrogens is 3. The normalized spacial score (nSPS) is 14.2. The number of rotatable bonds is 5. The van der Waals surface area contributed by atoms with Gasteiger partial charge in [0.05, 0.1) is 10.7 Å². The summed E-state index contributed by atoms with van der Waals surface area (Å²) in [6, 6.07) is 14.1. The molecule has 1 saturated heterocycles. The van der Waals surface area contributed by atoms with Crippen LogP contribution in [0.2, 0.25) is 5.02 Å². The number of carbonyl (C=O) groups is 1. The Labute approximate surface area is 171 Å². The number of carboxylic acid groups (broad SMARTS) is 1. The van der Waals surface area contributed by atoms with Gasteiger partial charge < -0.3 is 10.0 Å². The summed E-state index contributed by atoms with van der Waals surface area (Å²) in [5.74, 6) is -1.08. The average molecular weight is 415 g/mol. The molecular formula is C20H19ClN4O2S. The maximum atomic E-state index is 11.1. The van der Waals surface area contributed by atoms with E-state index in [1.165, 1.54) is 31.0 Å². The number of aromatic amines is 1. The second kappa shape index (κ2) is 8.24. The van der Waals surface area contributed by atoms with Crippen molar-refractivity contribution < 1.29 is 9.90 Å². The van der Waals surface area contributed by atoms with Gasteiger partial charge in [0.2, 0.25) is 0 Å². The molecule has 0 spiro atoms. The zero-order chi connectivity index (χ0) is 19.5. The molecule has 1 fully saturated rings. The summed E-state index contributed by atoms with van der Waals surface area (Å²) in [6.07, 6.45) is 3.72. The van der Waals surface area contributed by atoms with Crippen molar-refractivity contribution in [3.8, 4) is 11.1 Å². The van der Waals surface area contributed by atoms with Crippen LogP contribution in [0.25, 0.3) is 11.1 Å². The van der Waals surface area contributed by atoms with Crippen LogP contribution in [0.15, 0.2) is 52.4 Å². The second-order valence-electron chi connectivity index (χ2n) is 6.64. The van der Waals surface area contributed by atoms with Crippen LogP contribution in [0.3, 0.4) is 0 Å². The molecule has 3 aromatic rings. The quantitative estimate of drug-likeness (QED) is 0.613. The molecule has 0 unspecified atom stereocenters. The van der Waals surface area contributed by atoms with E-state index in [0.717, 1.165) is 39.8 Å². The Bertz CT molecular complexity index is 984. The van der Waals surface area contributed by atoms with Gasteiger partial charge in [-0.25, -0.2) is 4.79 Å². The molecule has 1 aliphatic rings. The van der Waals surface area contributed by atoms with Gasteiger partial charge in [0.1, 0.15) is 0 Å². The number of carboxylic acids is 1. The lowest BCUT2D eigenvalue weighted by Crippen LogP contribution is -2.29. The van der Waals surface area contributed by atoms with Crippen LogP contribution in [0.5, 0.6) is 0 Å². The number of piperidine rings is 1. The lowest BCUT2D eigenvalue weighted by Gasteiger charge is -2.29. The highest BCUT2D eigenvalue weighted by Gasteiger charge is 2.16. The summed E-state index contributed by atoms with van der Waals surface area (Å²) >= 11 is 7.82.